The molecule has 1 aliphatic carbocycles. The van der Waals surface area contributed by atoms with Crippen molar-refractivity contribution in [1.29, 1.82) is 0 Å². The van der Waals surface area contributed by atoms with E-state index in [1.807, 2.05) is 11.3 Å². The third kappa shape index (κ3) is 1.51. The summed E-state index contributed by atoms with van der Waals surface area (Å²) in [6.07, 6.45) is 4.84. The molecule has 0 aliphatic heterocycles. The van der Waals surface area contributed by atoms with Crippen molar-refractivity contribution in [2.24, 2.45) is 0 Å². The first-order valence-electron chi connectivity index (χ1n) is 5.58. The molecule has 2 aromatic heterocycles. The van der Waals surface area contributed by atoms with Gasteiger partial charge in [-0.25, -0.2) is 9.97 Å². The zero-order valence-corrected chi connectivity index (χ0v) is 9.59. The van der Waals surface area contributed by atoms with Crippen LogP contribution in [0, 0.1) is 0 Å². The second-order valence-electron chi connectivity index (χ2n) is 4.99. The molecule has 0 saturated heterocycles. The number of fused-ring (bicyclic) bond motifs is 1. The summed E-state index contributed by atoms with van der Waals surface area (Å²) in [5.41, 5.74) is 6.26. The van der Waals surface area contributed by atoms with Gasteiger partial charge in [-0.3, -0.25) is 4.40 Å². The number of rotatable bonds is 1. The topological polar surface area (TPSA) is 76.4 Å². The second kappa shape index (κ2) is 3.23. The summed E-state index contributed by atoms with van der Waals surface area (Å²) in [5.74, 6) is 1.48. The van der Waals surface area contributed by atoms with E-state index in [0.717, 1.165) is 5.82 Å². The molecule has 2 aromatic rings. The Morgan fingerprint density at radius 3 is 2.94 bits per heavy atom. The van der Waals surface area contributed by atoms with Crippen LogP contribution in [0.15, 0.2) is 12.4 Å². The van der Waals surface area contributed by atoms with Gasteiger partial charge in [0.05, 0.1) is 11.1 Å². The van der Waals surface area contributed by atoms with Crippen molar-refractivity contribution in [1.82, 2.24) is 14.4 Å². The molecule has 1 aliphatic rings. The van der Waals surface area contributed by atoms with Crippen LogP contribution in [0.2, 0.25) is 0 Å². The van der Waals surface area contributed by atoms with Crippen LogP contribution in [0.4, 0.5) is 5.82 Å². The van der Waals surface area contributed by atoms with Crippen LogP contribution in [0.25, 0.3) is 5.52 Å². The average molecular weight is 228 g/mol. The van der Waals surface area contributed by atoms with E-state index < -0.39 is 5.60 Å². The van der Waals surface area contributed by atoms with Crippen molar-refractivity contribution in [2.75, 3.05) is 5.73 Å². The van der Waals surface area contributed by atoms with Gasteiger partial charge >= 0.3 is 0 Å². The summed E-state index contributed by atoms with van der Waals surface area (Å²) in [5, 5.41) is 9.77. The molecule has 3 N–H and O–H groups in total. The number of aliphatic hydroxyl groups is 1. The molecular formula is C11H13BN4O. The van der Waals surface area contributed by atoms with Gasteiger partial charge in [-0.15, -0.1) is 0 Å². The first-order chi connectivity index (χ1) is 7.98. The van der Waals surface area contributed by atoms with Gasteiger partial charge in [0, 0.05) is 23.9 Å². The molecule has 0 unspecified atom stereocenters. The largest absolute Gasteiger partial charge is 0.390 e. The van der Waals surface area contributed by atoms with E-state index in [1.54, 1.807) is 12.4 Å². The third-order valence-electron chi connectivity index (χ3n) is 3.37. The Morgan fingerprint density at radius 2 is 2.29 bits per heavy atom. The molecule has 1 fully saturated rings. The summed E-state index contributed by atoms with van der Waals surface area (Å²) in [6, 6.07) is 0. The summed E-state index contributed by atoms with van der Waals surface area (Å²) in [4.78, 5) is 8.35. The van der Waals surface area contributed by atoms with E-state index in [0.29, 0.717) is 29.8 Å². The third-order valence-corrected chi connectivity index (χ3v) is 3.37. The maximum Gasteiger partial charge on any atom is 0.148 e. The predicted octanol–water partition coefficient (Wildman–Crippen LogP) is -0.266. The Labute approximate surface area is 100 Å². The fourth-order valence-corrected chi connectivity index (χ4v) is 2.59. The van der Waals surface area contributed by atoms with Crippen molar-refractivity contribution in [3.63, 3.8) is 0 Å². The lowest BCUT2D eigenvalue weighted by Gasteiger charge is -2.40. The molecular weight excluding hydrogens is 215 g/mol. The molecule has 0 bridgehead atoms. The molecule has 3 rings (SSSR count). The molecule has 86 valence electrons. The van der Waals surface area contributed by atoms with Crippen molar-refractivity contribution < 1.29 is 5.11 Å². The predicted molar refractivity (Wildman–Crippen MR) is 65.4 cm³/mol. The monoisotopic (exact) mass is 228 g/mol. The number of imidazole rings is 1. The number of nitrogen functional groups attached to an aromatic ring is 1. The normalized spacial score (nSPS) is 28.2. The Morgan fingerprint density at radius 1 is 1.59 bits per heavy atom. The van der Waals surface area contributed by atoms with Crippen molar-refractivity contribution >= 4 is 24.8 Å². The molecule has 0 aromatic carbocycles. The van der Waals surface area contributed by atoms with Crippen molar-refractivity contribution in [3.05, 3.63) is 18.2 Å². The van der Waals surface area contributed by atoms with Gasteiger partial charge in [0.2, 0.25) is 0 Å². The highest BCUT2D eigenvalue weighted by Gasteiger charge is 2.41. The number of hydrogen-bond donors (Lipinski definition) is 2. The molecule has 6 heteroatoms. The zero-order valence-electron chi connectivity index (χ0n) is 9.59. The van der Waals surface area contributed by atoms with Gasteiger partial charge in [0.15, 0.2) is 0 Å². The van der Waals surface area contributed by atoms with Crippen molar-refractivity contribution in [2.45, 2.75) is 31.3 Å². The van der Waals surface area contributed by atoms with Crippen LogP contribution in [-0.4, -0.2) is 32.9 Å². The first kappa shape index (κ1) is 10.6. The quantitative estimate of drug-likeness (QED) is 0.659. The first-order valence-corrected chi connectivity index (χ1v) is 5.58. The van der Waals surface area contributed by atoms with E-state index >= 15 is 0 Å². The highest BCUT2D eigenvalue weighted by Crippen LogP contribution is 2.43. The summed E-state index contributed by atoms with van der Waals surface area (Å²) >= 11 is 0. The fraction of sp³-hybridized carbons (Fsp3) is 0.455. The molecule has 2 radical (unpaired) electrons. The highest BCUT2D eigenvalue weighted by atomic mass is 16.3. The van der Waals surface area contributed by atoms with Gasteiger partial charge in [-0.05, 0) is 19.8 Å². The molecule has 0 atom stereocenters. The van der Waals surface area contributed by atoms with Crippen LogP contribution < -0.4 is 11.3 Å². The van der Waals surface area contributed by atoms with E-state index in [-0.39, 0.29) is 5.92 Å². The fourth-order valence-electron chi connectivity index (χ4n) is 2.59. The lowest BCUT2D eigenvalue weighted by Crippen LogP contribution is -2.40. The minimum absolute atomic E-state index is 0.233. The van der Waals surface area contributed by atoms with E-state index in [9.17, 15) is 5.11 Å². The second-order valence-corrected chi connectivity index (χ2v) is 4.99. The number of hydrogen-bond acceptors (Lipinski definition) is 4. The van der Waals surface area contributed by atoms with Crippen LogP contribution in [0.5, 0.6) is 0 Å². The van der Waals surface area contributed by atoms with Gasteiger partial charge in [-0.2, -0.15) is 0 Å². The molecule has 2 heterocycles. The Hall–Kier alpha value is -1.56. The standard InChI is InChI=1S/C11H13BN4O/c1-11(17)4-6(5-11)10-15-8(12)7-9(13)14-2-3-16(7)10/h2-3,6,17H,4-5H2,1H3,(H2,13,14). The van der Waals surface area contributed by atoms with Crippen LogP contribution in [0.3, 0.4) is 0 Å². The molecule has 17 heavy (non-hydrogen) atoms. The lowest BCUT2D eigenvalue weighted by atomic mass is 9.72. The maximum atomic E-state index is 9.77. The Bertz CT molecular complexity index is 584. The van der Waals surface area contributed by atoms with Crippen LogP contribution in [-0.2, 0) is 0 Å². The van der Waals surface area contributed by atoms with Crippen molar-refractivity contribution in [3.8, 4) is 0 Å². The number of aromatic nitrogens is 3. The zero-order chi connectivity index (χ0) is 12.2. The van der Waals surface area contributed by atoms with Gasteiger partial charge in [-0.1, -0.05) is 0 Å². The number of nitrogens with zero attached hydrogens (tertiary/aromatic N) is 3. The molecule has 0 amide bonds. The van der Waals surface area contributed by atoms with E-state index in [2.05, 4.69) is 9.97 Å². The average Bonchev–Trinajstić information content (AvgIpc) is 2.54. The van der Waals surface area contributed by atoms with Gasteiger partial charge in [0.25, 0.3) is 0 Å². The maximum absolute atomic E-state index is 9.77. The smallest absolute Gasteiger partial charge is 0.148 e. The number of nitrogens with two attached hydrogens (primary N) is 1. The van der Waals surface area contributed by atoms with Gasteiger partial charge in [0.1, 0.15) is 19.5 Å². The summed E-state index contributed by atoms with van der Waals surface area (Å²) in [7, 11) is 5.85. The Kier molecular flexibility index (Phi) is 2.01. The summed E-state index contributed by atoms with van der Waals surface area (Å²) in [6.45, 7) is 1.83. The van der Waals surface area contributed by atoms with Crippen LogP contribution >= 0.6 is 0 Å². The minimum Gasteiger partial charge on any atom is -0.390 e. The summed E-state index contributed by atoms with van der Waals surface area (Å²) < 4.78 is 1.87. The number of anilines is 1. The Balaban J connectivity index is 2.10. The van der Waals surface area contributed by atoms with E-state index in [4.69, 9.17) is 13.6 Å². The van der Waals surface area contributed by atoms with E-state index in [1.165, 1.54) is 0 Å². The molecule has 0 spiro atoms. The lowest BCUT2D eigenvalue weighted by molar-refractivity contribution is -0.0335. The van der Waals surface area contributed by atoms with Gasteiger partial charge < -0.3 is 10.8 Å². The SMILES string of the molecule is [B]c1nc(C2CC(C)(O)C2)n2ccnc(N)c12. The molecule has 1 saturated carbocycles. The highest BCUT2D eigenvalue weighted by molar-refractivity contribution is 6.36. The molecule has 5 nitrogen and oxygen atoms in total. The van der Waals surface area contributed by atoms with Crippen LogP contribution in [0.1, 0.15) is 31.5 Å². The minimum atomic E-state index is -0.580.